The van der Waals surface area contributed by atoms with Gasteiger partial charge in [0.05, 0.1) is 46.4 Å². The van der Waals surface area contributed by atoms with Gasteiger partial charge in [0.2, 0.25) is 15.9 Å². The smallest absolute Gasteiger partial charge is 0.247 e. The van der Waals surface area contributed by atoms with E-state index in [2.05, 4.69) is 6.92 Å². The molecular formula is C16H25ClN3O4S+. The summed E-state index contributed by atoms with van der Waals surface area (Å²) < 4.78 is 31.8. The summed E-state index contributed by atoms with van der Waals surface area (Å²) in [6.07, 6.45) is 0. The molecule has 1 saturated heterocycles. The molecule has 0 spiro atoms. The standard InChI is InChI=1S/C16H24ClN3O4S/c1-4-19-7-9-20(10-8-19)16(21)12-18(2)25(22,23)15-11-13(17)5-6-14(15)24-3/h5-6,11H,4,7-10,12H2,1-3H3/p+1. The topological polar surface area (TPSA) is 71.4 Å². The van der Waals surface area contributed by atoms with Crippen LogP contribution in [0.25, 0.3) is 0 Å². The second-order valence-corrected chi connectivity index (χ2v) is 8.49. The summed E-state index contributed by atoms with van der Waals surface area (Å²) in [6, 6.07) is 4.39. The SMILES string of the molecule is CC[NH+]1CCN(C(=O)CN(C)S(=O)(=O)c2cc(Cl)ccc2OC)CC1. The van der Waals surface area contributed by atoms with Crippen LogP contribution in [0.5, 0.6) is 5.75 Å². The minimum atomic E-state index is -3.88. The Kier molecular flexibility index (Phi) is 6.67. The molecule has 0 aliphatic carbocycles. The third-order valence-corrected chi connectivity index (χ3v) is 6.55. The van der Waals surface area contributed by atoms with Crippen molar-refractivity contribution in [1.82, 2.24) is 9.21 Å². The molecule has 0 aromatic heterocycles. The number of amides is 1. The Morgan fingerprint density at radius 2 is 2.00 bits per heavy atom. The van der Waals surface area contributed by atoms with Gasteiger partial charge < -0.3 is 14.5 Å². The second kappa shape index (κ2) is 8.35. The number of piperazine rings is 1. The molecule has 0 atom stereocenters. The highest BCUT2D eigenvalue weighted by atomic mass is 35.5. The first-order chi connectivity index (χ1) is 11.8. The van der Waals surface area contributed by atoms with Gasteiger partial charge in [0, 0.05) is 12.1 Å². The summed E-state index contributed by atoms with van der Waals surface area (Å²) in [6.45, 7) is 6.02. The fraction of sp³-hybridized carbons (Fsp3) is 0.562. The lowest BCUT2D eigenvalue weighted by Gasteiger charge is -2.32. The molecule has 2 rings (SSSR count). The Morgan fingerprint density at radius 3 is 2.56 bits per heavy atom. The molecule has 1 amide bonds. The van der Waals surface area contributed by atoms with E-state index in [-0.39, 0.29) is 28.1 Å². The normalized spacial score (nSPS) is 16.3. The maximum Gasteiger partial charge on any atom is 0.247 e. The van der Waals surface area contributed by atoms with Gasteiger partial charge in [-0.1, -0.05) is 11.6 Å². The van der Waals surface area contributed by atoms with Gasteiger partial charge in [0.25, 0.3) is 0 Å². The molecule has 0 radical (unpaired) electrons. The average molecular weight is 391 g/mol. The van der Waals surface area contributed by atoms with E-state index in [1.165, 1.54) is 31.2 Å². The zero-order valence-corrected chi connectivity index (χ0v) is 16.4. The number of quaternary nitrogens is 1. The van der Waals surface area contributed by atoms with Gasteiger partial charge >= 0.3 is 0 Å². The van der Waals surface area contributed by atoms with Gasteiger partial charge in [0.1, 0.15) is 10.6 Å². The molecule has 1 aromatic carbocycles. The lowest BCUT2D eigenvalue weighted by Crippen LogP contribution is -3.14. The minimum Gasteiger partial charge on any atom is -0.495 e. The van der Waals surface area contributed by atoms with Gasteiger partial charge in [-0.3, -0.25) is 4.79 Å². The zero-order chi connectivity index (χ0) is 18.6. The van der Waals surface area contributed by atoms with Crippen LogP contribution in [0.3, 0.4) is 0 Å². The van der Waals surface area contributed by atoms with E-state index in [0.717, 1.165) is 23.9 Å². The molecule has 1 fully saturated rings. The van der Waals surface area contributed by atoms with Gasteiger partial charge in [-0.05, 0) is 25.1 Å². The lowest BCUT2D eigenvalue weighted by atomic mass is 10.3. The largest absolute Gasteiger partial charge is 0.495 e. The van der Waals surface area contributed by atoms with Crippen molar-refractivity contribution in [3.8, 4) is 5.75 Å². The number of methoxy groups -OCH3 is 1. The highest BCUT2D eigenvalue weighted by Crippen LogP contribution is 2.29. The number of carbonyl (C=O) groups excluding carboxylic acids is 1. The van der Waals surface area contributed by atoms with Crippen molar-refractivity contribution in [3.63, 3.8) is 0 Å². The Balaban J connectivity index is 2.10. The number of likely N-dealkylation sites (N-methyl/N-ethyl adjacent to an activating group) is 2. The average Bonchev–Trinajstić information content (AvgIpc) is 2.61. The van der Waals surface area contributed by atoms with Crippen molar-refractivity contribution in [3.05, 3.63) is 23.2 Å². The number of halogens is 1. The maximum atomic E-state index is 12.8. The highest BCUT2D eigenvalue weighted by Gasteiger charge is 2.30. The first-order valence-corrected chi connectivity index (χ1v) is 10.0. The summed E-state index contributed by atoms with van der Waals surface area (Å²) in [5, 5.41) is 0.290. The third kappa shape index (κ3) is 4.63. The van der Waals surface area contributed by atoms with Crippen LogP contribution < -0.4 is 9.64 Å². The Morgan fingerprint density at radius 1 is 1.36 bits per heavy atom. The number of sulfonamides is 1. The fourth-order valence-electron chi connectivity index (χ4n) is 2.82. The lowest BCUT2D eigenvalue weighted by molar-refractivity contribution is -0.902. The molecule has 7 nitrogen and oxygen atoms in total. The Hall–Kier alpha value is -1.35. The molecule has 0 unspecified atom stereocenters. The van der Waals surface area contributed by atoms with E-state index in [1.807, 2.05) is 0 Å². The Bertz CT molecular complexity index is 718. The van der Waals surface area contributed by atoms with Crippen LogP contribution in [0.4, 0.5) is 0 Å². The van der Waals surface area contributed by atoms with Crippen LogP contribution in [0.2, 0.25) is 5.02 Å². The van der Waals surface area contributed by atoms with E-state index >= 15 is 0 Å². The van der Waals surface area contributed by atoms with Gasteiger partial charge in [0.15, 0.2) is 0 Å². The molecule has 25 heavy (non-hydrogen) atoms. The molecule has 1 heterocycles. The predicted molar refractivity (Wildman–Crippen MR) is 95.6 cm³/mol. The van der Waals surface area contributed by atoms with Crippen molar-refractivity contribution in [2.45, 2.75) is 11.8 Å². The summed E-state index contributed by atoms with van der Waals surface area (Å²) in [5.41, 5.74) is 0. The second-order valence-electron chi connectivity index (χ2n) is 6.04. The Labute approximate surface area is 154 Å². The third-order valence-electron chi connectivity index (χ3n) is 4.50. The number of ether oxygens (including phenoxy) is 1. The molecule has 1 aromatic rings. The number of nitrogens with one attached hydrogen (secondary N) is 1. The molecular weight excluding hydrogens is 366 g/mol. The van der Waals surface area contributed by atoms with Crippen molar-refractivity contribution in [2.75, 3.05) is 53.4 Å². The van der Waals surface area contributed by atoms with Crippen LogP contribution in [0, 0.1) is 0 Å². The van der Waals surface area contributed by atoms with Crippen molar-refractivity contribution >= 4 is 27.5 Å². The summed E-state index contributed by atoms with van der Waals surface area (Å²) >= 11 is 5.92. The van der Waals surface area contributed by atoms with Crippen molar-refractivity contribution in [2.24, 2.45) is 0 Å². The minimum absolute atomic E-state index is 0.0435. The summed E-state index contributed by atoms with van der Waals surface area (Å²) in [4.78, 5) is 15.6. The fourth-order valence-corrected chi connectivity index (χ4v) is 4.36. The van der Waals surface area contributed by atoms with E-state index in [1.54, 1.807) is 11.0 Å². The predicted octanol–water partition coefficient (Wildman–Crippen LogP) is -0.284. The molecule has 0 saturated carbocycles. The maximum absolute atomic E-state index is 12.8. The monoisotopic (exact) mass is 390 g/mol. The van der Waals surface area contributed by atoms with Crippen LogP contribution >= 0.6 is 11.6 Å². The van der Waals surface area contributed by atoms with Crippen molar-refractivity contribution in [1.29, 1.82) is 0 Å². The molecule has 1 aliphatic heterocycles. The number of nitrogens with zero attached hydrogens (tertiary/aromatic N) is 2. The highest BCUT2D eigenvalue weighted by molar-refractivity contribution is 7.89. The summed E-state index contributed by atoms with van der Waals surface area (Å²) in [7, 11) is -1.10. The summed E-state index contributed by atoms with van der Waals surface area (Å²) in [5.74, 6) is 0.00563. The zero-order valence-electron chi connectivity index (χ0n) is 14.8. The number of rotatable bonds is 6. The van der Waals surface area contributed by atoms with Gasteiger partial charge in [-0.15, -0.1) is 0 Å². The molecule has 1 N–H and O–H groups in total. The number of hydrogen-bond donors (Lipinski definition) is 1. The van der Waals surface area contributed by atoms with Crippen LogP contribution in [0.1, 0.15) is 6.92 Å². The first kappa shape index (κ1) is 20.0. The van der Waals surface area contributed by atoms with Crippen LogP contribution in [0.15, 0.2) is 23.1 Å². The van der Waals surface area contributed by atoms with Crippen LogP contribution in [-0.2, 0) is 14.8 Å². The quantitative estimate of drug-likeness (QED) is 0.725. The number of benzene rings is 1. The van der Waals surface area contributed by atoms with E-state index in [4.69, 9.17) is 16.3 Å². The van der Waals surface area contributed by atoms with Gasteiger partial charge in [-0.25, -0.2) is 8.42 Å². The number of hydrogen-bond acceptors (Lipinski definition) is 4. The first-order valence-electron chi connectivity index (χ1n) is 8.20. The van der Waals surface area contributed by atoms with Crippen molar-refractivity contribution < 1.29 is 22.8 Å². The van der Waals surface area contributed by atoms with Gasteiger partial charge in [-0.2, -0.15) is 4.31 Å². The molecule has 0 bridgehead atoms. The van der Waals surface area contributed by atoms with E-state index in [0.29, 0.717) is 13.1 Å². The van der Waals surface area contributed by atoms with E-state index in [9.17, 15) is 13.2 Å². The number of carbonyl (C=O) groups is 1. The molecule has 9 heteroatoms. The van der Waals surface area contributed by atoms with Crippen LogP contribution in [-0.4, -0.2) is 77.0 Å². The molecule has 140 valence electrons. The molecule has 1 aliphatic rings. The van der Waals surface area contributed by atoms with E-state index < -0.39 is 10.0 Å².